The lowest BCUT2D eigenvalue weighted by Gasteiger charge is -2.19. The SMILES string of the molecule is Cc1cc(C)c(C)c(C2=NOC(CN)(C(=O)O)C2)c1C. The largest absolute Gasteiger partial charge is 0.478 e. The average molecular weight is 276 g/mol. The van der Waals surface area contributed by atoms with Gasteiger partial charge in [0.05, 0.1) is 5.71 Å². The maximum Gasteiger partial charge on any atom is 0.352 e. The van der Waals surface area contributed by atoms with Crippen molar-refractivity contribution in [3.05, 3.63) is 33.9 Å². The lowest BCUT2D eigenvalue weighted by molar-refractivity contribution is -0.161. The number of carboxylic acids is 1. The Bertz CT molecular complexity index is 581. The Hall–Kier alpha value is -1.88. The lowest BCUT2D eigenvalue weighted by Crippen LogP contribution is -2.46. The predicted molar refractivity (Wildman–Crippen MR) is 77.1 cm³/mol. The monoisotopic (exact) mass is 276 g/mol. The summed E-state index contributed by atoms with van der Waals surface area (Å²) >= 11 is 0. The highest BCUT2D eigenvalue weighted by Gasteiger charge is 2.46. The second-order valence-corrected chi connectivity index (χ2v) is 5.44. The van der Waals surface area contributed by atoms with Crippen molar-refractivity contribution in [1.29, 1.82) is 0 Å². The smallest absolute Gasteiger partial charge is 0.352 e. The van der Waals surface area contributed by atoms with E-state index in [0.29, 0.717) is 5.71 Å². The molecule has 1 aliphatic heterocycles. The normalized spacial score (nSPS) is 21.6. The van der Waals surface area contributed by atoms with Crippen molar-refractivity contribution in [3.63, 3.8) is 0 Å². The Balaban J connectivity index is 2.48. The van der Waals surface area contributed by atoms with Crippen molar-refractivity contribution >= 4 is 11.7 Å². The maximum atomic E-state index is 11.4. The van der Waals surface area contributed by atoms with E-state index in [9.17, 15) is 9.90 Å². The van der Waals surface area contributed by atoms with E-state index < -0.39 is 11.6 Å². The number of nitrogens with two attached hydrogens (primary N) is 1. The number of hydrogen-bond donors (Lipinski definition) is 2. The lowest BCUT2D eigenvalue weighted by atomic mass is 9.87. The fraction of sp³-hybridized carbons (Fsp3) is 0.467. The summed E-state index contributed by atoms with van der Waals surface area (Å²) in [5, 5.41) is 13.3. The first-order chi connectivity index (χ1) is 9.32. The van der Waals surface area contributed by atoms with E-state index in [1.165, 1.54) is 0 Å². The molecule has 0 saturated carbocycles. The number of aliphatic carboxylic acids is 1. The third kappa shape index (κ3) is 2.08. The first-order valence-corrected chi connectivity index (χ1v) is 6.58. The van der Waals surface area contributed by atoms with Crippen molar-refractivity contribution < 1.29 is 14.7 Å². The highest BCUT2D eigenvalue weighted by atomic mass is 16.7. The van der Waals surface area contributed by atoms with Gasteiger partial charge in [-0.05, 0) is 49.9 Å². The summed E-state index contributed by atoms with van der Waals surface area (Å²) in [5.74, 6) is -1.07. The van der Waals surface area contributed by atoms with Gasteiger partial charge in [-0.3, -0.25) is 0 Å². The molecule has 1 unspecified atom stereocenters. The number of oxime groups is 1. The fourth-order valence-corrected chi connectivity index (χ4v) is 2.57. The zero-order valence-electron chi connectivity index (χ0n) is 12.3. The molecule has 2 rings (SSSR count). The predicted octanol–water partition coefficient (Wildman–Crippen LogP) is 1.83. The number of rotatable bonds is 3. The molecular formula is C15H20N2O3. The van der Waals surface area contributed by atoms with Crippen molar-refractivity contribution in [2.24, 2.45) is 10.9 Å². The van der Waals surface area contributed by atoms with Crippen LogP contribution in [-0.2, 0) is 9.63 Å². The molecule has 0 saturated heterocycles. The van der Waals surface area contributed by atoms with Crippen molar-refractivity contribution in [3.8, 4) is 0 Å². The van der Waals surface area contributed by atoms with Crippen LogP contribution in [0.2, 0.25) is 0 Å². The molecule has 0 aromatic heterocycles. The minimum atomic E-state index is -1.42. The first-order valence-electron chi connectivity index (χ1n) is 6.58. The summed E-state index contributed by atoms with van der Waals surface area (Å²) in [7, 11) is 0. The standard InChI is InChI=1S/C15H20N2O3/c1-8-5-9(2)11(4)13(10(8)3)12-6-15(7-16,14(18)19)20-17-12/h5H,6-7,16H2,1-4H3,(H,18,19). The minimum Gasteiger partial charge on any atom is -0.478 e. The summed E-state index contributed by atoms with van der Waals surface area (Å²) in [4.78, 5) is 16.5. The summed E-state index contributed by atoms with van der Waals surface area (Å²) in [6.45, 7) is 8.01. The minimum absolute atomic E-state index is 0.0990. The van der Waals surface area contributed by atoms with E-state index >= 15 is 0 Å². The molecule has 108 valence electrons. The molecule has 5 nitrogen and oxygen atoms in total. The maximum absolute atomic E-state index is 11.4. The molecule has 0 bridgehead atoms. The molecule has 0 amide bonds. The van der Waals surface area contributed by atoms with Crippen LogP contribution < -0.4 is 5.73 Å². The molecule has 1 aliphatic rings. The summed E-state index contributed by atoms with van der Waals surface area (Å²) in [6, 6.07) is 2.12. The number of carboxylic acid groups (broad SMARTS) is 1. The van der Waals surface area contributed by atoms with E-state index in [2.05, 4.69) is 11.2 Å². The summed E-state index contributed by atoms with van der Waals surface area (Å²) < 4.78 is 0. The second-order valence-electron chi connectivity index (χ2n) is 5.44. The van der Waals surface area contributed by atoms with Crippen LogP contribution in [0.25, 0.3) is 0 Å². The molecule has 3 N–H and O–H groups in total. The molecule has 1 heterocycles. The Labute approximate surface area is 118 Å². The highest BCUT2D eigenvalue weighted by Crippen LogP contribution is 2.31. The molecule has 0 aliphatic carbocycles. The van der Waals surface area contributed by atoms with Crippen molar-refractivity contribution in [2.75, 3.05) is 6.54 Å². The van der Waals surface area contributed by atoms with Crippen LogP contribution in [0, 0.1) is 27.7 Å². The second kappa shape index (κ2) is 4.90. The molecule has 0 radical (unpaired) electrons. The summed E-state index contributed by atoms with van der Waals surface area (Å²) in [5.41, 5.74) is 10.3. The third-order valence-corrected chi connectivity index (χ3v) is 4.16. The van der Waals surface area contributed by atoms with E-state index in [-0.39, 0.29) is 13.0 Å². The van der Waals surface area contributed by atoms with Gasteiger partial charge in [0.1, 0.15) is 0 Å². The molecule has 0 spiro atoms. The molecule has 1 aromatic carbocycles. The zero-order chi connectivity index (χ0) is 15.1. The van der Waals surface area contributed by atoms with Crippen LogP contribution in [0.1, 0.15) is 34.2 Å². The molecular weight excluding hydrogens is 256 g/mol. The van der Waals surface area contributed by atoms with Crippen LogP contribution in [0.5, 0.6) is 0 Å². The van der Waals surface area contributed by atoms with Gasteiger partial charge in [0, 0.05) is 18.5 Å². The van der Waals surface area contributed by atoms with Crippen LogP contribution in [0.4, 0.5) is 0 Å². The Morgan fingerprint density at radius 2 is 1.90 bits per heavy atom. The number of nitrogens with zero attached hydrogens (tertiary/aromatic N) is 1. The Morgan fingerprint density at radius 1 is 1.35 bits per heavy atom. The Kier molecular flexibility index (Phi) is 3.56. The van der Waals surface area contributed by atoms with E-state index in [1.54, 1.807) is 0 Å². The number of benzene rings is 1. The number of hydrogen-bond acceptors (Lipinski definition) is 4. The molecule has 1 atom stereocenters. The molecule has 20 heavy (non-hydrogen) atoms. The van der Waals surface area contributed by atoms with Gasteiger partial charge in [-0.1, -0.05) is 11.2 Å². The first kappa shape index (κ1) is 14.5. The van der Waals surface area contributed by atoms with E-state index in [0.717, 1.165) is 27.8 Å². The quantitative estimate of drug-likeness (QED) is 0.882. The van der Waals surface area contributed by atoms with Gasteiger partial charge in [-0.2, -0.15) is 0 Å². The van der Waals surface area contributed by atoms with Crippen LogP contribution in [0.15, 0.2) is 11.2 Å². The molecule has 1 aromatic rings. The van der Waals surface area contributed by atoms with Gasteiger partial charge in [0.25, 0.3) is 5.60 Å². The van der Waals surface area contributed by atoms with Gasteiger partial charge in [0.15, 0.2) is 0 Å². The average Bonchev–Trinajstić information content (AvgIpc) is 2.82. The topological polar surface area (TPSA) is 84.9 Å². The van der Waals surface area contributed by atoms with E-state index in [1.807, 2.05) is 27.7 Å². The molecule has 5 heteroatoms. The number of carbonyl (C=O) groups is 1. The van der Waals surface area contributed by atoms with Crippen LogP contribution in [-0.4, -0.2) is 28.9 Å². The highest BCUT2D eigenvalue weighted by molar-refractivity contribution is 6.07. The Morgan fingerprint density at radius 3 is 2.30 bits per heavy atom. The van der Waals surface area contributed by atoms with Crippen LogP contribution >= 0.6 is 0 Å². The van der Waals surface area contributed by atoms with E-state index in [4.69, 9.17) is 10.6 Å². The fourth-order valence-electron chi connectivity index (χ4n) is 2.57. The van der Waals surface area contributed by atoms with Crippen molar-refractivity contribution in [1.82, 2.24) is 0 Å². The zero-order valence-corrected chi connectivity index (χ0v) is 12.3. The van der Waals surface area contributed by atoms with Gasteiger partial charge in [0.2, 0.25) is 0 Å². The van der Waals surface area contributed by atoms with Gasteiger partial charge in [-0.15, -0.1) is 0 Å². The van der Waals surface area contributed by atoms with Gasteiger partial charge in [-0.25, -0.2) is 4.79 Å². The third-order valence-electron chi connectivity index (χ3n) is 4.16. The summed E-state index contributed by atoms with van der Waals surface area (Å²) in [6.07, 6.45) is 0.198. The van der Waals surface area contributed by atoms with Gasteiger partial charge >= 0.3 is 5.97 Å². The van der Waals surface area contributed by atoms with Gasteiger partial charge < -0.3 is 15.7 Å². The van der Waals surface area contributed by atoms with Crippen molar-refractivity contribution in [2.45, 2.75) is 39.7 Å². The molecule has 0 fully saturated rings. The van der Waals surface area contributed by atoms with Crippen LogP contribution in [0.3, 0.4) is 0 Å². The number of aryl methyl sites for hydroxylation is 2.